The van der Waals surface area contributed by atoms with Crippen LogP contribution in [0.15, 0.2) is 16.5 Å². The van der Waals surface area contributed by atoms with Gasteiger partial charge in [-0.15, -0.1) is 0 Å². The summed E-state index contributed by atoms with van der Waals surface area (Å²) in [6, 6.07) is 2.74. The fourth-order valence-electron chi connectivity index (χ4n) is 1.95. The number of aliphatic hydroxyl groups is 1. The number of halogens is 4. The van der Waals surface area contributed by atoms with Crippen molar-refractivity contribution in [3.63, 3.8) is 0 Å². The molecule has 0 saturated carbocycles. The molecule has 2 heterocycles. The number of alkyl halides is 3. The third-order valence-corrected chi connectivity index (χ3v) is 3.39. The van der Waals surface area contributed by atoms with Gasteiger partial charge in [0, 0.05) is 25.9 Å². The van der Waals surface area contributed by atoms with Crippen LogP contribution < -0.4 is 0 Å². The number of amides is 1. The molecule has 0 aliphatic carbocycles. The van der Waals surface area contributed by atoms with E-state index in [1.165, 1.54) is 17.0 Å². The Morgan fingerprint density at radius 1 is 1.37 bits per heavy atom. The number of furan rings is 1. The molecule has 1 saturated heterocycles. The molecule has 2 rings (SSSR count). The second-order valence-corrected chi connectivity index (χ2v) is 4.80. The van der Waals surface area contributed by atoms with Gasteiger partial charge in [0.25, 0.3) is 5.91 Å². The smallest absolute Gasteiger partial charge is 0.417 e. The van der Waals surface area contributed by atoms with Gasteiger partial charge in [-0.25, -0.2) is 0 Å². The van der Waals surface area contributed by atoms with Crippen LogP contribution in [-0.2, 0) is 0 Å². The molecule has 4 nitrogen and oxygen atoms in total. The zero-order valence-corrected chi connectivity index (χ0v) is 10.5. The number of piperidine rings is 1. The average molecular weight is 298 g/mol. The Labute approximate surface area is 111 Å². The van der Waals surface area contributed by atoms with E-state index in [4.69, 9.17) is 16.0 Å². The van der Waals surface area contributed by atoms with E-state index in [1.807, 2.05) is 0 Å². The van der Waals surface area contributed by atoms with Gasteiger partial charge in [0.1, 0.15) is 0 Å². The van der Waals surface area contributed by atoms with Crippen molar-refractivity contribution < 1.29 is 27.5 Å². The summed E-state index contributed by atoms with van der Waals surface area (Å²) in [5, 5.41) is 9.51. The highest BCUT2D eigenvalue weighted by Crippen LogP contribution is 2.38. The zero-order valence-electron chi connectivity index (χ0n) is 9.71. The largest absolute Gasteiger partial charge is 0.440 e. The van der Waals surface area contributed by atoms with Gasteiger partial charge >= 0.3 is 6.18 Å². The molecule has 0 bridgehead atoms. The first-order valence-corrected chi connectivity index (χ1v) is 5.94. The summed E-state index contributed by atoms with van der Waals surface area (Å²) >= 11 is 5.52. The van der Waals surface area contributed by atoms with E-state index in [0.717, 1.165) is 0 Å². The van der Waals surface area contributed by atoms with Crippen LogP contribution in [-0.4, -0.2) is 40.8 Å². The molecule has 0 unspecified atom stereocenters. The third-order valence-electron chi connectivity index (χ3n) is 3.19. The van der Waals surface area contributed by atoms with Crippen molar-refractivity contribution in [1.29, 1.82) is 0 Å². The Bertz CT molecular complexity index is 478. The van der Waals surface area contributed by atoms with Gasteiger partial charge in [0.15, 0.2) is 16.6 Å². The Morgan fingerprint density at radius 3 is 2.37 bits per heavy atom. The van der Waals surface area contributed by atoms with Crippen LogP contribution in [0, 0.1) is 0 Å². The molecule has 0 spiro atoms. The van der Waals surface area contributed by atoms with Crippen molar-refractivity contribution in [2.45, 2.75) is 24.6 Å². The van der Waals surface area contributed by atoms with Crippen LogP contribution in [0.25, 0.3) is 0 Å². The Kier molecular flexibility index (Phi) is 3.53. The first kappa shape index (κ1) is 14.2. The fraction of sp³-hybridized carbons (Fsp3) is 0.545. The monoisotopic (exact) mass is 297 g/mol. The highest BCUT2D eigenvalue weighted by atomic mass is 35.5. The maximum absolute atomic E-state index is 12.6. The van der Waals surface area contributed by atoms with E-state index in [1.54, 1.807) is 0 Å². The molecule has 8 heteroatoms. The van der Waals surface area contributed by atoms with Crippen LogP contribution in [0.1, 0.15) is 23.4 Å². The summed E-state index contributed by atoms with van der Waals surface area (Å²) in [7, 11) is 0. The van der Waals surface area contributed by atoms with Crippen molar-refractivity contribution >= 4 is 17.5 Å². The summed E-state index contributed by atoms with van der Waals surface area (Å²) in [5.41, 5.74) is -2.72. The summed E-state index contributed by atoms with van der Waals surface area (Å²) in [5.74, 6) is -0.557. The first-order valence-electron chi connectivity index (χ1n) is 5.57. The number of carbonyl (C=O) groups is 1. The maximum Gasteiger partial charge on any atom is 0.417 e. The van der Waals surface area contributed by atoms with E-state index in [2.05, 4.69) is 0 Å². The van der Waals surface area contributed by atoms with Crippen LogP contribution in [0.5, 0.6) is 0 Å². The van der Waals surface area contributed by atoms with Crippen molar-refractivity contribution in [3.05, 3.63) is 23.1 Å². The Hall–Kier alpha value is -1.21. The van der Waals surface area contributed by atoms with Crippen LogP contribution in [0.2, 0.25) is 5.22 Å². The highest BCUT2D eigenvalue weighted by Gasteiger charge is 2.55. The molecule has 0 aromatic carbocycles. The number of carbonyl (C=O) groups excluding carboxylic acids is 1. The molecule has 1 N–H and O–H groups in total. The predicted molar refractivity (Wildman–Crippen MR) is 59.9 cm³/mol. The van der Waals surface area contributed by atoms with Crippen molar-refractivity contribution in [3.8, 4) is 0 Å². The lowest BCUT2D eigenvalue weighted by Gasteiger charge is -2.38. The second kappa shape index (κ2) is 4.72. The minimum atomic E-state index is -4.68. The van der Waals surface area contributed by atoms with Crippen molar-refractivity contribution in [1.82, 2.24) is 4.90 Å². The second-order valence-electron chi connectivity index (χ2n) is 4.43. The lowest BCUT2D eigenvalue weighted by atomic mass is 9.90. The molecular weight excluding hydrogens is 287 g/mol. The molecule has 1 aliphatic heterocycles. The fourth-order valence-corrected chi connectivity index (χ4v) is 2.09. The van der Waals surface area contributed by atoms with Crippen molar-refractivity contribution in [2.75, 3.05) is 13.1 Å². The van der Waals surface area contributed by atoms with Gasteiger partial charge in [-0.1, -0.05) is 0 Å². The number of likely N-dealkylation sites (tertiary alicyclic amines) is 1. The van der Waals surface area contributed by atoms with Crippen LogP contribution >= 0.6 is 11.6 Å². The van der Waals surface area contributed by atoms with E-state index in [-0.39, 0.29) is 24.1 Å². The summed E-state index contributed by atoms with van der Waals surface area (Å²) in [6.45, 7) is -0.375. The minimum absolute atomic E-state index is 0.0255. The van der Waals surface area contributed by atoms with Crippen LogP contribution in [0.3, 0.4) is 0 Å². The number of hydrogen-bond donors (Lipinski definition) is 1. The average Bonchev–Trinajstić information content (AvgIpc) is 2.74. The molecule has 1 amide bonds. The molecule has 1 fully saturated rings. The van der Waals surface area contributed by atoms with E-state index in [9.17, 15) is 23.1 Å². The lowest BCUT2D eigenvalue weighted by molar-refractivity contribution is -0.271. The van der Waals surface area contributed by atoms with E-state index in [0.29, 0.717) is 0 Å². The van der Waals surface area contributed by atoms with Gasteiger partial charge in [0.05, 0.1) is 0 Å². The van der Waals surface area contributed by atoms with E-state index >= 15 is 0 Å². The minimum Gasteiger partial charge on any atom is -0.440 e. The molecular formula is C11H11ClF3NO3. The zero-order chi connectivity index (χ0) is 14.3. The number of nitrogens with zero attached hydrogens (tertiary/aromatic N) is 1. The Morgan fingerprint density at radius 2 is 1.95 bits per heavy atom. The molecule has 1 aromatic heterocycles. The molecule has 0 atom stereocenters. The number of hydrogen-bond acceptors (Lipinski definition) is 3. The maximum atomic E-state index is 12.6. The lowest BCUT2D eigenvalue weighted by Crippen LogP contribution is -2.54. The molecule has 106 valence electrons. The quantitative estimate of drug-likeness (QED) is 0.866. The topological polar surface area (TPSA) is 53.7 Å². The van der Waals surface area contributed by atoms with Gasteiger partial charge < -0.3 is 14.4 Å². The SMILES string of the molecule is O=C(c1ccc(Cl)o1)N1CCC(O)(C(F)(F)F)CC1. The van der Waals surface area contributed by atoms with Gasteiger partial charge in [-0.2, -0.15) is 13.2 Å². The summed E-state index contributed by atoms with van der Waals surface area (Å²) in [4.78, 5) is 13.1. The number of rotatable bonds is 1. The normalized spacial score (nSPS) is 19.5. The summed E-state index contributed by atoms with van der Waals surface area (Å²) < 4.78 is 42.7. The van der Waals surface area contributed by atoms with Gasteiger partial charge in [-0.05, 0) is 23.7 Å². The summed E-state index contributed by atoms with van der Waals surface area (Å²) in [6.07, 6.45) is -5.77. The third kappa shape index (κ3) is 2.71. The predicted octanol–water partition coefficient (Wildman–Crippen LogP) is 2.46. The van der Waals surface area contributed by atoms with Crippen molar-refractivity contribution in [2.24, 2.45) is 0 Å². The molecule has 1 aromatic rings. The van der Waals surface area contributed by atoms with E-state index < -0.39 is 30.5 Å². The highest BCUT2D eigenvalue weighted by molar-refractivity contribution is 6.29. The standard InChI is InChI=1S/C11H11ClF3NO3/c12-8-2-1-7(19-8)9(17)16-5-3-10(18,4-6-16)11(13,14)15/h1-2,18H,3-6H2. The van der Waals surface area contributed by atoms with Gasteiger partial charge in [-0.3, -0.25) is 4.79 Å². The molecule has 0 radical (unpaired) electrons. The molecule has 1 aliphatic rings. The van der Waals surface area contributed by atoms with Gasteiger partial charge in [0.2, 0.25) is 0 Å². The molecule has 19 heavy (non-hydrogen) atoms. The Balaban J connectivity index is 2.03. The van der Waals surface area contributed by atoms with Crippen LogP contribution in [0.4, 0.5) is 13.2 Å². The first-order chi connectivity index (χ1) is 8.73.